The van der Waals surface area contributed by atoms with Crippen molar-refractivity contribution in [1.82, 2.24) is 4.67 Å². The molecular formula is C4H6NO2P. The predicted octanol–water partition coefficient (Wildman–Crippen LogP) is -0.0745. The van der Waals surface area contributed by atoms with E-state index in [4.69, 9.17) is 0 Å². The van der Waals surface area contributed by atoms with Crippen LogP contribution in [0.25, 0.3) is 0 Å². The van der Waals surface area contributed by atoms with E-state index in [2.05, 4.69) is 9.39 Å². The summed E-state index contributed by atoms with van der Waals surface area (Å²) in [6.45, 7) is 0. The van der Waals surface area contributed by atoms with Gasteiger partial charge in [0, 0.05) is 12.8 Å². The lowest BCUT2D eigenvalue weighted by atomic mass is 10.4. The number of carbonyl (C=O) groups is 2. The standard InChI is InChI=1S/C4H6NO2P/c6-3-1-2-4(7)5(3)8/h1-2,8H2. The minimum absolute atomic E-state index is 0.0972. The van der Waals surface area contributed by atoms with Crippen LogP contribution in [0.3, 0.4) is 0 Å². The largest absolute Gasteiger partial charge is 0.274 e. The second kappa shape index (κ2) is 1.82. The predicted molar refractivity (Wildman–Crippen MR) is 30.8 cm³/mol. The molecule has 1 unspecified atom stereocenters. The van der Waals surface area contributed by atoms with Gasteiger partial charge in [0.2, 0.25) is 11.8 Å². The molecule has 1 rings (SSSR count). The van der Waals surface area contributed by atoms with Crippen molar-refractivity contribution in [1.29, 1.82) is 0 Å². The van der Waals surface area contributed by atoms with E-state index in [9.17, 15) is 9.59 Å². The van der Waals surface area contributed by atoms with Crippen molar-refractivity contribution < 1.29 is 9.59 Å². The molecule has 8 heavy (non-hydrogen) atoms. The van der Waals surface area contributed by atoms with Crippen LogP contribution in [0.15, 0.2) is 0 Å². The summed E-state index contributed by atoms with van der Waals surface area (Å²) in [5.74, 6) is -0.194. The van der Waals surface area contributed by atoms with Gasteiger partial charge in [-0.3, -0.25) is 14.3 Å². The average molecular weight is 131 g/mol. The van der Waals surface area contributed by atoms with Crippen LogP contribution in [0.2, 0.25) is 0 Å². The van der Waals surface area contributed by atoms with Crippen molar-refractivity contribution in [3.05, 3.63) is 0 Å². The molecule has 1 heterocycles. The number of hydrogen-bond acceptors (Lipinski definition) is 2. The van der Waals surface area contributed by atoms with Crippen LogP contribution in [0.5, 0.6) is 0 Å². The van der Waals surface area contributed by atoms with Crippen molar-refractivity contribution in [3.63, 3.8) is 0 Å². The number of carbonyl (C=O) groups excluding carboxylic acids is 2. The number of nitrogens with zero attached hydrogens (tertiary/aromatic N) is 1. The zero-order valence-electron chi connectivity index (χ0n) is 4.26. The third-order valence-corrected chi connectivity index (χ3v) is 1.67. The van der Waals surface area contributed by atoms with E-state index in [1.165, 1.54) is 0 Å². The molecule has 0 spiro atoms. The van der Waals surface area contributed by atoms with Gasteiger partial charge in [-0.25, -0.2) is 0 Å². The second-order valence-electron chi connectivity index (χ2n) is 1.66. The molecule has 1 atom stereocenters. The van der Waals surface area contributed by atoms with Crippen molar-refractivity contribution in [2.45, 2.75) is 12.8 Å². The molecule has 0 aromatic carbocycles. The molecule has 2 amide bonds. The molecule has 0 bridgehead atoms. The molecule has 0 radical (unpaired) electrons. The molecule has 0 aromatic rings. The normalized spacial score (nSPS) is 20.4. The molecule has 1 aliphatic rings. The number of imide groups is 1. The second-order valence-corrected chi connectivity index (χ2v) is 2.17. The van der Waals surface area contributed by atoms with Gasteiger partial charge in [0.15, 0.2) is 0 Å². The van der Waals surface area contributed by atoms with Gasteiger partial charge in [0.25, 0.3) is 0 Å². The Balaban J connectivity index is 2.70. The maximum absolute atomic E-state index is 10.5. The Hall–Kier alpha value is -0.430. The van der Waals surface area contributed by atoms with E-state index in [0.717, 1.165) is 4.67 Å². The average Bonchev–Trinajstić information content (AvgIpc) is 1.98. The maximum atomic E-state index is 10.5. The Morgan fingerprint density at radius 1 is 1.25 bits per heavy atom. The quantitative estimate of drug-likeness (QED) is 0.340. The molecule has 1 aliphatic heterocycles. The molecule has 1 saturated heterocycles. The van der Waals surface area contributed by atoms with Gasteiger partial charge in [-0.1, -0.05) is 0 Å². The Bertz CT molecular complexity index is 129. The van der Waals surface area contributed by atoms with E-state index in [0.29, 0.717) is 12.8 Å². The Morgan fingerprint density at radius 3 is 1.75 bits per heavy atom. The summed E-state index contributed by atoms with van der Waals surface area (Å²) in [5.41, 5.74) is 0. The van der Waals surface area contributed by atoms with Crippen LogP contribution in [0.4, 0.5) is 0 Å². The van der Waals surface area contributed by atoms with Crippen LogP contribution < -0.4 is 0 Å². The van der Waals surface area contributed by atoms with Crippen LogP contribution >= 0.6 is 9.39 Å². The summed E-state index contributed by atoms with van der Waals surface area (Å²) >= 11 is 0. The van der Waals surface area contributed by atoms with E-state index < -0.39 is 0 Å². The third-order valence-electron chi connectivity index (χ3n) is 1.09. The van der Waals surface area contributed by atoms with Crippen LogP contribution in [-0.2, 0) is 9.59 Å². The highest BCUT2D eigenvalue weighted by Gasteiger charge is 2.24. The van der Waals surface area contributed by atoms with Gasteiger partial charge in [-0.15, -0.1) is 0 Å². The SMILES string of the molecule is O=C1CCC(=O)N1P. The smallest absolute Gasteiger partial charge is 0.232 e. The monoisotopic (exact) mass is 131 g/mol. The summed E-state index contributed by atoms with van der Waals surface area (Å²) in [7, 11) is 2.09. The van der Waals surface area contributed by atoms with Crippen molar-refractivity contribution >= 4 is 21.2 Å². The highest BCUT2D eigenvalue weighted by Crippen LogP contribution is 2.14. The Morgan fingerprint density at radius 2 is 1.62 bits per heavy atom. The molecular weight excluding hydrogens is 125 g/mol. The third kappa shape index (κ3) is 0.736. The lowest BCUT2D eigenvalue weighted by molar-refractivity contribution is -0.131. The Labute approximate surface area is 49.3 Å². The first-order chi connectivity index (χ1) is 3.72. The Kier molecular flexibility index (Phi) is 1.30. The fourth-order valence-electron chi connectivity index (χ4n) is 0.594. The van der Waals surface area contributed by atoms with Crippen LogP contribution in [-0.4, -0.2) is 16.5 Å². The van der Waals surface area contributed by atoms with Crippen LogP contribution in [0, 0.1) is 0 Å². The minimum atomic E-state index is -0.0972. The first kappa shape index (κ1) is 5.70. The molecule has 0 saturated carbocycles. The summed E-state index contributed by atoms with van der Waals surface area (Å²) in [5, 5.41) is 0. The lowest BCUT2D eigenvalue weighted by Gasteiger charge is -2.01. The highest BCUT2D eigenvalue weighted by atomic mass is 31.0. The molecule has 1 fully saturated rings. The number of hydrogen-bond donors (Lipinski definition) is 0. The van der Waals surface area contributed by atoms with Gasteiger partial charge >= 0.3 is 0 Å². The fraction of sp³-hybridized carbons (Fsp3) is 0.500. The van der Waals surface area contributed by atoms with E-state index in [1.54, 1.807) is 0 Å². The van der Waals surface area contributed by atoms with Crippen molar-refractivity contribution in [2.75, 3.05) is 0 Å². The zero-order valence-corrected chi connectivity index (χ0v) is 5.41. The topological polar surface area (TPSA) is 37.4 Å². The number of rotatable bonds is 0. The molecule has 3 nitrogen and oxygen atoms in total. The summed E-state index contributed by atoms with van der Waals surface area (Å²) in [6.07, 6.45) is 0.755. The van der Waals surface area contributed by atoms with Crippen LogP contribution in [0.1, 0.15) is 12.8 Å². The van der Waals surface area contributed by atoms with Gasteiger partial charge < -0.3 is 0 Å². The first-order valence-electron chi connectivity index (χ1n) is 2.32. The van der Waals surface area contributed by atoms with E-state index >= 15 is 0 Å². The molecule has 4 heteroatoms. The summed E-state index contributed by atoms with van der Waals surface area (Å²) < 4.78 is 1.08. The number of amides is 2. The molecule has 44 valence electrons. The fourth-order valence-corrected chi connectivity index (χ4v) is 0.852. The van der Waals surface area contributed by atoms with Crippen molar-refractivity contribution in [2.24, 2.45) is 0 Å². The molecule has 0 aliphatic carbocycles. The van der Waals surface area contributed by atoms with Gasteiger partial charge in [0.1, 0.15) is 0 Å². The minimum Gasteiger partial charge on any atom is -0.274 e. The van der Waals surface area contributed by atoms with Gasteiger partial charge in [-0.2, -0.15) is 0 Å². The zero-order chi connectivity index (χ0) is 6.15. The van der Waals surface area contributed by atoms with E-state index in [1.807, 2.05) is 0 Å². The van der Waals surface area contributed by atoms with Crippen molar-refractivity contribution in [3.8, 4) is 0 Å². The maximum Gasteiger partial charge on any atom is 0.232 e. The molecule has 0 N–H and O–H groups in total. The van der Waals surface area contributed by atoms with Gasteiger partial charge in [-0.05, 0) is 9.39 Å². The highest BCUT2D eigenvalue weighted by molar-refractivity contribution is 7.16. The first-order valence-corrected chi connectivity index (χ1v) is 2.84. The lowest BCUT2D eigenvalue weighted by Crippen LogP contribution is -2.16. The van der Waals surface area contributed by atoms with E-state index in [-0.39, 0.29) is 11.8 Å². The summed E-state index contributed by atoms with van der Waals surface area (Å²) in [4.78, 5) is 20.9. The summed E-state index contributed by atoms with van der Waals surface area (Å²) in [6, 6.07) is 0. The van der Waals surface area contributed by atoms with Gasteiger partial charge in [0.05, 0.1) is 0 Å². The molecule has 0 aromatic heterocycles.